The summed E-state index contributed by atoms with van der Waals surface area (Å²) in [5.41, 5.74) is 0. The molecule has 1 N–H and O–H groups in total. The van der Waals surface area contributed by atoms with Crippen molar-refractivity contribution in [3.63, 3.8) is 0 Å². The van der Waals surface area contributed by atoms with Gasteiger partial charge in [-0.3, -0.25) is 4.90 Å². The van der Waals surface area contributed by atoms with Crippen molar-refractivity contribution in [3.8, 4) is 0 Å². The Morgan fingerprint density at radius 2 is 1.83 bits per heavy atom. The van der Waals surface area contributed by atoms with Gasteiger partial charge in [-0.05, 0) is 31.6 Å². The van der Waals surface area contributed by atoms with Crippen molar-refractivity contribution < 1.29 is 5.11 Å². The molecule has 0 aliphatic carbocycles. The molecule has 0 unspecified atom stereocenters. The van der Waals surface area contributed by atoms with E-state index in [9.17, 15) is 0 Å². The number of fused-ring (bicyclic) bond motifs is 2. The molecule has 2 nitrogen and oxygen atoms in total. The predicted molar refractivity (Wildman–Crippen MR) is 49.0 cm³/mol. The molecule has 0 radical (unpaired) electrons. The number of rotatable bonds is 2. The van der Waals surface area contributed by atoms with Crippen LogP contribution in [0.4, 0.5) is 0 Å². The molecule has 2 heterocycles. The van der Waals surface area contributed by atoms with Crippen LogP contribution in [0.15, 0.2) is 0 Å². The molecule has 0 aromatic carbocycles. The molecule has 2 rings (SSSR count). The second-order valence-corrected chi connectivity index (χ2v) is 4.42. The summed E-state index contributed by atoms with van der Waals surface area (Å²) in [5.74, 6) is 0.914. The molecular formula is C10H19NO. The van der Waals surface area contributed by atoms with Gasteiger partial charge in [0.15, 0.2) is 0 Å². The monoisotopic (exact) mass is 169 g/mol. The van der Waals surface area contributed by atoms with Crippen LogP contribution in [-0.2, 0) is 0 Å². The van der Waals surface area contributed by atoms with Gasteiger partial charge in [-0.15, -0.1) is 0 Å². The lowest BCUT2D eigenvalue weighted by atomic mass is 9.92. The molecule has 0 aromatic rings. The van der Waals surface area contributed by atoms with Gasteiger partial charge >= 0.3 is 0 Å². The van der Waals surface area contributed by atoms with E-state index in [4.69, 9.17) is 5.11 Å². The number of hydrogen-bond donors (Lipinski definition) is 1. The number of aliphatic hydroxyl groups excluding tert-OH is 1. The molecule has 2 aliphatic rings. The zero-order valence-corrected chi connectivity index (χ0v) is 7.87. The Labute approximate surface area is 74.6 Å². The number of nitrogens with zero attached hydrogens (tertiary/aromatic N) is 1. The van der Waals surface area contributed by atoms with E-state index in [-0.39, 0.29) is 0 Å². The van der Waals surface area contributed by atoms with E-state index < -0.39 is 0 Å². The van der Waals surface area contributed by atoms with Crippen LogP contribution in [0.2, 0.25) is 0 Å². The minimum atomic E-state index is 0.335. The molecular weight excluding hydrogens is 150 g/mol. The SMILES string of the molecule is C[C@H]1C[C@H]2CC[C@@H](C1)N2CCO. The topological polar surface area (TPSA) is 23.5 Å². The van der Waals surface area contributed by atoms with E-state index in [0.717, 1.165) is 24.5 Å². The summed E-state index contributed by atoms with van der Waals surface area (Å²) in [6, 6.07) is 1.59. The molecule has 2 heteroatoms. The quantitative estimate of drug-likeness (QED) is 0.672. The smallest absolute Gasteiger partial charge is 0.0558 e. The van der Waals surface area contributed by atoms with Crippen LogP contribution in [0.1, 0.15) is 32.6 Å². The second kappa shape index (κ2) is 3.35. The summed E-state index contributed by atoms with van der Waals surface area (Å²) in [4.78, 5) is 2.53. The van der Waals surface area contributed by atoms with Gasteiger partial charge < -0.3 is 5.11 Å². The van der Waals surface area contributed by atoms with Gasteiger partial charge in [0, 0.05) is 18.6 Å². The Kier molecular flexibility index (Phi) is 2.37. The zero-order valence-electron chi connectivity index (χ0n) is 7.87. The van der Waals surface area contributed by atoms with Gasteiger partial charge in [-0.25, -0.2) is 0 Å². The van der Waals surface area contributed by atoms with Crippen LogP contribution in [0.25, 0.3) is 0 Å². The van der Waals surface area contributed by atoms with E-state index in [1.807, 2.05) is 0 Å². The molecule has 2 saturated heterocycles. The van der Waals surface area contributed by atoms with E-state index in [2.05, 4.69) is 11.8 Å². The minimum absolute atomic E-state index is 0.335. The van der Waals surface area contributed by atoms with Gasteiger partial charge in [0.05, 0.1) is 6.61 Å². The molecule has 2 fully saturated rings. The average molecular weight is 169 g/mol. The van der Waals surface area contributed by atoms with Gasteiger partial charge in [0.2, 0.25) is 0 Å². The Morgan fingerprint density at radius 1 is 1.25 bits per heavy atom. The number of hydrogen-bond acceptors (Lipinski definition) is 2. The maximum atomic E-state index is 8.91. The summed E-state index contributed by atoms with van der Waals surface area (Å²) in [6.07, 6.45) is 5.46. The van der Waals surface area contributed by atoms with Crippen molar-refractivity contribution >= 4 is 0 Å². The first-order valence-corrected chi connectivity index (χ1v) is 5.18. The Balaban J connectivity index is 1.99. The summed E-state index contributed by atoms with van der Waals surface area (Å²) >= 11 is 0. The van der Waals surface area contributed by atoms with Crippen molar-refractivity contribution in [2.24, 2.45) is 5.92 Å². The third-order valence-corrected chi connectivity index (χ3v) is 3.48. The zero-order chi connectivity index (χ0) is 8.55. The molecule has 70 valence electrons. The lowest BCUT2D eigenvalue weighted by molar-refractivity contribution is 0.0872. The van der Waals surface area contributed by atoms with E-state index in [1.54, 1.807) is 0 Å². The van der Waals surface area contributed by atoms with Crippen molar-refractivity contribution in [1.29, 1.82) is 0 Å². The largest absolute Gasteiger partial charge is 0.395 e. The Hall–Kier alpha value is -0.0800. The number of piperidine rings is 1. The summed E-state index contributed by atoms with van der Waals surface area (Å²) < 4.78 is 0. The maximum absolute atomic E-state index is 8.91. The highest BCUT2D eigenvalue weighted by atomic mass is 16.3. The Morgan fingerprint density at radius 3 is 2.33 bits per heavy atom. The highest BCUT2D eigenvalue weighted by molar-refractivity contribution is 4.93. The van der Waals surface area contributed by atoms with Crippen molar-refractivity contribution in [2.75, 3.05) is 13.2 Å². The third-order valence-electron chi connectivity index (χ3n) is 3.48. The maximum Gasteiger partial charge on any atom is 0.0558 e. The fraction of sp³-hybridized carbons (Fsp3) is 1.00. The van der Waals surface area contributed by atoms with Gasteiger partial charge in [-0.1, -0.05) is 6.92 Å². The molecule has 12 heavy (non-hydrogen) atoms. The van der Waals surface area contributed by atoms with Crippen LogP contribution in [-0.4, -0.2) is 35.2 Å². The average Bonchev–Trinajstić information content (AvgIpc) is 2.32. The lowest BCUT2D eigenvalue weighted by Gasteiger charge is -2.37. The second-order valence-electron chi connectivity index (χ2n) is 4.42. The normalized spacial score (nSPS) is 42.0. The standard InChI is InChI=1S/C10H19NO/c1-8-6-9-2-3-10(7-8)11(9)4-5-12/h8-10,12H,2-7H2,1H3/t8-,9+,10-. The van der Waals surface area contributed by atoms with Crippen molar-refractivity contribution in [2.45, 2.75) is 44.7 Å². The molecule has 0 amide bonds. The van der Waals surface area contributed by atoms with Gasteiger partial charge in [0.25, 0.3) is 0 Å². The van der Waals surface area contributed by atoms with Crippen LogP contribution < -0.4 is 0 Å². The first-order valence-electron chi connectivity index (χ1n) is 5.18. The molecule has 0 spiro atoms. The molecule has 2 bridgehead atoms. The van der Waals surface area contributed by atoms with E-state index >= 15 is 0 Å². The summed E-state index contributed by atoms with van der Waals surface area (Å²) in [6.45, 7) is 3.60. The highest BCUT2D eigenvalue weighted by Crippen LogP contribution is 2.37. The first kappa shape index (κ1) is 8.52. The molecule has 3 atom stereocenters. The highest BCUT2D eigenvalue weighted by Gasteiger charge is 2.38. The summed E-state index contributed by atoms with van der Waals surface area (Å²) in [7, 11) is 0. The number of aliphatic hydroxyl groups is 1. The van der Waals surface area contributed by atoms with E-state index in [0.29, 0.717) is 6.61 Å². The third kappa shape index (κ3) is 1.38. The van der Waals surface area contributed by atoms with E-state index in [1.165, 1.54) is 25.7 Å². The lowest BCUT2D eigenvalue weighted by Crippen LogP contribution is -2.43. The van der Waals surface area contributed by atoms with Crippen LogP contribution in [0.3, 0.4) is 0 Å². The van der Waals surface area contributed by atoms with Crippen LogP contribution >= 0.6 is 0 Å². The predicted octanol–water partition coefficient (Wildman–Crippen LogP) is 1.24. The van der Waals surface area contributed by atoms with Gasteiger partial charge in [0.1, 0.15) is 0 Å². The fourth-order valence-corrected chi connectivity index (χ4v) is 3.03. The first-order chi connectivity index (χ1) is 5.81. The Bertz CT molecular complexity index is 146. The van der Waals surface area contributed by atoms with Crippen molar-refractivity contribution in [3.05, 3.63) is 0 Å². The molecule has 0 aromatic heterocycles. The minimum Gasteiger partial charge on any atom is -0.395 e. The molecule has 0 saturated carbocycles. The van der Waals surface area contributed by atoms with Crippen LogP contribution in [0.5, 0.6) is 0 Å². The fourth-order valence-electron chi connectivity index (χ4n) is 3.03. The molecule has 2 aliphatic heterocycles. The van der Waals surface area contributed by atoms with Crippen molar-refractivity contribution in [1.82, 2.24) is 4.90 Å². The van der Waals surface area contributed by atoms with Gasteiger partial charge in [-0.2, -0.15) is 0 Å². The van der Waals surface area contributed by atoms with Crippen LogP contribution in [0, 0.1) is 5.92 Å². The summed E-state index contributed by atoms with van der Waals surface area (Å²) in [5, 5.41) is 8.91.